The quantitative estimate of drug-likeness (QED) is 0.374. The van der Waals surface area contributed by atoms with Crippen molar-refractivity contribution >= 4 is 34.3 Å². The van der Waals surface area contributed by atoms with E-state index in [1.807, 2.05) is 60.8 Å². The van der Waals surface area contributed by atoms with E-state index in [1.165, 1.54) is 4.68 Å². The number of fused-ring (bicyclic) bond motifs is 1. The second-order valence-corrected chi connectivity index (χ2v) is 8.32. The summed E-state index contributed by atoms with van der Waals surface area (Å²) in [5, 5.41) is 12.1. The Labute approximate surface area is 192 Å². The van der Waals surface area contributed by atoms with Crippen molar-refractivity contribution < 1.29 is 9.21 Å². The summed E-state index contributed by atoms with van der Waals surface area (Å²) in [7, 11) is 1.78. The summed E-state index contributed by atoms with van der Waals surface area (Å²) in [5.41, 5.74) is 3.10. The zero-order valence-corrected chi connectivity index (χ0v) is 18.7. The van der Waals surface area contributed by atoms with E-state index in [0.717, 1.165) is 33.9 Å². The zero-order chi connectivity index (χ0) is 22.9. The van der Waals surface area contributed by atoms with Crippen LogP contribution >= 0.6 is 11.8 Å². The molecule has 166 valence electrons. The fourth-order valence-corrected chi connectivity index (χ4v) is 4.20. The number of benzene rings is 2. The van der Waals surface area contributed by atoms with Gasteiger partial charge in [0, 0.05) is 24.1 Å². The predicted molar refractivity (Wildman–Crippen MR) is 127 cm³/mol. The molecule has 0 saturated carbocycles. The molecule has 0 unspecified atom stereocenters. The molecule has 0 radical (unpaired) electrons. The van der Waals surface area contributed by atoms with Gasteiger partial charge in [-0.2, -0.15) is 0 Å². The number of para-hydroxylation sites is 2. The van der Waals surface area contributed by atoms with Gasteiger partial charge in [0.15, 0.2) is 0 Å². The van der Waals surface area contributed by atoms with Gasteiger partial charge < -0.3 is 14.7 Å². The number of thioether (sulfide) groups is 1. The number of aromatic amines is 1. The Kier molecular flexibility index (Phi) is 5.35. The molecule has 0 aliphatic carbocycles. The van der Waals surface area contributed by atoms with Gasteiger partial charge in [-0.3, -0.25) is 14.3 Å². The fraction of sp³-hybridized carbons (Fsp3) is 0.130. The van der Waals surface area contributed by atoms with Crippen LogP contribution in [0.5, 0.6) is 0 Å². The van der Waals surface area contributed by atoms with E-state index in [2.05, 4.69) is 20.5 Å². The van der Waals surface area contributed by atoms with E-state index >= 15 is 0 Å². The van der Waals surface area contributed by atoms with E-state index in [1.54, 1.807) is 18.7 Å². The fourth-order valence-electron chi connectivity index (χ4n) is 3.64. The Morgan fingerprint density at radius 1 is 1.12 bits per heavy atom. The van der Waals surface area contributed by atoms with Gasteiger partial charge in [-0.25, -0.2) is 4.68 Å². The lowest BCUT2D eigenvalue weighted by Gasteiger charge is -2.07. The largest absolute Gasteiger partial charge is 0.411 e. The first-order valence-electron chi connectivity index (χ1n) is 10.2. The molecule has 2 N–H and O–H groups in total. The highest BCUT2D eigenvalue weighted by atomic mass is 32.2. The van der Waals surface area contributed by atoms with Gasteiger partial charge in [0.25, 0.3) is 16.7 Å². The zero-order valence-electron chi connectivity index (χ0n) is 17.9. The second-order valence-electron chi connectivity index (χ2n) is 7.39. The number of carbonyl (C=O) groups is 1. The number of hydrogen-bond acceptors (Lipinski definition) is 6. The van der Waals surface area contributed by atoms with E-state index < -0.39 is 0 Å². The van der Waals surface area contributed by atoms with Crippen LogP contribution in [-0.2, 0) is 11.8 Å². The van der Waals surface area contributed by atoms with Crippen LogP contribution in [0.25, 0.3) is 28.0 Å². The van der Waals surface area contributed by atoms with Crippen LogP contribution in [0.4, 0.5) is 5.69 Å². The second kappa shape index (κ2) is 8.47. The van der Waals surface area contributed by atoms with Crippen molar-refractivity contribution in [3.63, 3.8) is 0 Å². The predicted octanol–water partition coefficient (Wildman–Crippen LogP) is 3.75. The molecular weight excluding hydrogens is 440 g/mol. The maximum atomic E-state index is 12.9. The number of hydrogen-bond donors (Lipinski definition) is 2. The SMILES string of the molecule is Cc1c(NC(=O)CSc2nnc(-c3c[nH]c4ccccc34)o2)c(=O)n(-c2ccccc2)n1C. The minimum atomic E-state index is -0.335. The molecule has 5 rings (SSSR count). The molecule has 0 saturated heterocycles. The lowest BCUT2D eigenvalue weighted by molar-refractivity contribution is -0.113. The highest BCUT2D eigenvalue weighted by Crippen LogP contribution is 2.29. The third kappa shape index (κ3) is 3.85. The molecule has 1 amide bonds. The number of H-pyrrole nitrogens is 1. The average Bonchev–Trinajstić information content (AvgIpc) is 3.52. The first-order valence-corrected chi connectivity index (χ1v) is 11.2. The van der Waals surface area contributed by atoms with Crippen molar-refractivity contribution in [2.45, 2.75) is 12.1 Å². The molecule has 0 fully saturated rings. The lowest BCUT2D eigenvalue weighted by atomic mass is 10.2. The van der Waals surface area contributed by atoms with Crippen molar-refractivity contribution in [3.05, 3.63) is 76.8 Å². The van der Waals surface area contributed by atoms with Gasteiger partial charge in [0.05, 0.1) is 22.7 Å². The molecule has 2 aromatic carbocycles. The lowest BCUT2D eigenvalue weighted by Crippen LogP contribution is -2.23. The molecular formula is C23H20N6O3S. The maximum Gasteiger partial charge on any atom is 0.295 e. The Morgan fingerprint density at radius 2 is 1.88 bits per heavy atom. The summed E-state index contributed by atoms with van der Waals surface area (Å²) >= 11 is 1.11. The van der Waals surface area contributed by atoms with Gasteiger partial charge in [0.2, 0.25) is 5.91 Å². The molecule has 9 nitrogen and oxygen atoms in total. The van der Waals surface area contributed by atoms with Crippen molar-refractivity contribution in [3.8, 4) is 17.1 Å². The Morgan fingerprint density at radius 3 is 2.70 bits per heavy atom. The number of aromatic nitrogens is 5. The van der Waals surface area contributed by atoms with Crippen molar-refractivity contribution in [2.24, 2.45) is 7.05 Å². The van der Waals surface area contributed by atoms with Crippen LogP contribution in [-0.4, -0.2) is 36.2 Å². The number of amides is 1. The minimum absolute atomic E-state index is 0.0224. The molecule has 0 atom stereocenters. The number of carbonyl (C=O) groups excluding carboxylic acids is 1. The molecule has 3 heterocycles. The molecule has 0 spiro atoms. The van der Waals surface area contributed by atoms with Crippen molar-refractivity contribution in [2.75, 3.05) is 11.1 Å². The van der Waals surface area contributed by atoms with Crippen LogP contribution < -0.4 is 10.9 Å². The summed E-state index contributed by atoms with van der Waals surface area (Å²) in [6.45, 7) is 1.79. The first kappa shape index (κ1) is 20.8. The average molecular weight is 461 g/mol. The third-order valence-electron chi connectivity index (χ3n) is 5.37. The monoisotopic (exact) mass is 460 g/mol. The third-order valence-corrected chi connectivity index (χ3v) is 6.19. The summed E-state index contributed by atoms with van der Waals surface area (Å²) in [5.74, 6) is 0.0621. The highest BCUT2D eigenvalue weighted by Gasteiger charge is 2.19. The minimum Gasteiger partial charge on any atom is -0.411 e. The Hall–Kier alpha value is -4.05. The number of nitrogens with zero attached hydrogens (tertiary/aromatic N) is 4. The summed E-state index contributed by atoms with van der Waals surface area (Å²) in [6, 6.07) is 17.1. The molecule has 5 aromatic rings. The Balaban J connectivity index is 1.29. The Bertz CT molecular complexity index is 1510. The molecule has 3 aromatic heterocycles. The summed E-state index contributed by atoms with van der Waals surface area (Å²) in [6.07, 6.45) is 1.81. The van der Waals surface area contributed by atoms with Gasteiger partial charge in [0.1, 0.15) is 5.69 Å². The van der Waals surface area contributed by atoms with E-state index in [-0.39, 0.29) is 28.1 Å². The van der Waals surface area contributed by atoms with Crippen LogP contribution in [0.15, 0.2) is 75.2 Å². The van der Waals surface area contributed by atoms with Gasteiger partial charge in [-0.1, -0.05) is 48.2 Å². The summed E-state index contributed by atoms with van der Waals surface area (Å²) in [4.78, 5) is 28.7. The van der Waals surface area contributed by atoms with Crippen LogP contribution in [0.3, 0.4) is 0 Å². The smallest absolute Gasteiger partial charge is 0.295 e. The van der Waals surface area contributed by atoms with E-state index in [4.69, 9.17) is 4.42 Å². The summed E-state index contributed by atoms with van der Waals surface area (Å²) < 4.78 is 8.97. The molecule has 0 aliphatic rings. The topological polar surface area (TPSA) is 111 Å². The maximum absolute atomic E-state index is 12.9. The van der Waals surface area contributed by atoms with Crippen molar-refractivity contribution in [1.82, 2.24) is 24.5 Å². The van der Waals surface area contributed by atoms with Gasteiger partial charge >= 0.3 is 0 Å². The molecule has 10 heteroatoms. The molecule has 0 bridgehead atoms. The van der Waals surface area contributed by atoms with Crippen molar-refractivity contribution in [1.29, 1.82) is 0 Å². The molecule has 33 heavy (non-hydrogen) atoms. The normalized spacial score (nSPS) is 11.2. The molecule has 0 aliphatic heterocycles. The number of rotatable bonds is 6. The van der Waals surface area contributed by atoms with E-state index in [0.29, 0.717) is 11.6 Å². The van der Waals surface area contributed by atoms with Crippen LogP contribution in [0, 0.1) is 6.92 Å². The first-order chi connectivity index (χ1) is 16.0. The highest BCUT2D eigenvalue weighted by molar-refractivity contribution is 7.99. The van der Waals surface area contributed by atoms with Crippen LogP contribution in [0.2, 0.25) is 0 Å². The van der Waals surface area contributed by atoms with Gasteiger partial charge in [-0.15, -0.1) is 10.2 Å². The van der Waals surface area contributed by atoms with Crippen LogP contribution in [0.1, 0.15) is 5.69 Å². The number of nitrogens with one attached hydrogen (secondary N) is 2. The number of anilines is 1. The standard InChI is InChI=1S/C23H20N6O3S/c1-14-20(22(31)29(28(14)2)15-8-4-3-5-9-15)25-19(30)13-33-23-27-26-21(32-23)17-12-24-18-11-7-6-10-16(17)18/h3-12,24H,13H2,1-2H3,(H,25,30). The van der Waals surface area contributed by atoms with E-state index in [9.17, 15) is 9.59 Å². The van der Waals surface area contributed by atoms with Gasteiger partial charge in [-0.05, 0) is 25.1 Å².